The second-order valence-corrected chi connectivity index (χ2v) is 7.78. The zero-order valence-corrected chi connectivity index (χ0v) is 19.3. The molecule has 34 heavy (non-hydrogen) atoms. The molecule has 0 amide bonds. The molecule has 0 saturated heterocycles. The van der Waals surface area contributed by atoms with Crippen LogP contribution in [0.3, 0.4) is 0 Å². The average Bonchev–Trinajstić information content (AvgIpc) is 3.34. The molecular weight excluding hydrogens is 432 g/mol. The minimum atomic E-state index is 0.327. The fraction of sp³-hybridized carbons (Fsp3) is 0.167. The fourth-order valence-corrected chi connectivity index (χ4v) is 3.97. The van der Waals surface area contributed by atoms with Crippen LogP contribution in [0, 0.1) is 13.8 Å². The molecule has 5 rings (SSSR count). The first kappa shape index (κ1) is 21.3. The summed E-state index contributed by atoms with van der Waals surface area (Å²) in [4.78, 5) is 9.39. The van der Waals surface area contributed by atoms with E-state index in [0.29, 0.717) is 39.8 Å². The lowest BCUT2D eigenvalue weighted by molar-refractivity contribution is 0.414. The summed E-state index contributed by atoms with van der Waals surface area (Å²) >= 11 is 0. The van der Waals surface area contributed by atoms with E-state index < -0.39 is 0 Å². The molecule has 0 atom stereocenters. The van der Waals surface area contributed by atoms with Crippen molar-refractivity contribution in [2.45, 2.75) is 13.8 Å². The van der Waals surface area contributed by atoms with Crippen molar-refractivity contribution in [2.75, 3.05) is 25.7 Å². The Kier molecular flexibility index (Phi) is 5.05. The quantitative estimate of drug-likeness (QED) is 0.411. The molecule has 3 heterocycles. The van der Waals surface area contributed by atoms with Crippen LogP contribution >= 0.6 is 0 Å². The van der Waals surface area contributed by atoms with Crippen LogP contribution in [-0.4, -0.2) is 43.7 Å². The van der Waals surface area contributed by atoms with Crippen LogP contribution in [0.25, 0.3) is 33.8 Å². The molecular formula is C24H24N8O2. The Labute approximate surface area is 195 Å². The van der Waals surface area contributed by atoms with Crippen LogP contribution in [0.4, 0.5) is 11.6 Å². The van der Waals surface area contributed by atoms with Gasteiger partial charge in [0.15, 0.2) is 11.5 Å². The lowest BCUT2D eigenvalue weighted by atomic mass is 10.2. The van der Waals surface area contributed by atoms with Gasteiger partial charge in [-0.25, -0.2) is 19.3 Å². The molecule has 172 valence electrons. The summed E-state index contributed by atoms with van der Waals surface area (Å²) in [5, 5.41) is 9.97. The summed E-state index contributed by atoms with van der Waals surface area (Å²) < 4.78 is 13.9. The van der Waals surface area contributed by atoms with Crippen molar-refractivity contribution in [3.8, 4) is 34.3 Å². The summed E-state index contributed by atoms with van der Waals surface area (Å²) in [6.45, 7) is 3.74. The van der Waals surface area contributed by atoms with E-state index in [4.69, 9.17) is 25.9 Å². The minimum absolute atomic E-state index is 0.327. The molecule has 0 spiro atoms. The van der Waals surface area contributed by atoms with E-state index in [0.717, 1.165) is 28.6 Å². The Bertz CT molecular complexity index is 1500. The second-order valence-electron chi connectivity index (χ2n) is 7.78. The monoisotopic (exact) mass is 456 g/mol. The number of methoxy groups -OCH3 is 2. The predicted octanol–water partition coefficient (Wildman–Crippen LogP) is 3.47. The lowest BCUT2D eigenvalue weighted by Crippen LogP contribution is -2.04. The Morgan fingerprint density at radius 1 is 0.706 bits per heavy atom. The van der Waals surface area contributed by atoms with Crippen LogP contribution in [0.2, 0.25) is 0 Å². The lowest BCUT2D eigenvalue weighted by Gasteiger charge is -2.08. The van der Waals surface area contributed by atoms with E-state index in [1.54, 1.807) is 23.6 Å². The van der Waals surface area contributed by atoms with E-state index in [1.165, 1.54) is 0 Å². The number of ether oxygens (including phenoxy) is 2. The number of hydrogen-bond acceptors (Lipinski definition) is 8. The van der Waals surface area contributed by atoms with Gasteiger partial charge in [-0.3, -0.25) is 0 Å². The van der Waals surface area contributed by atoms with Gasteiger partial charge in [-0.05, 0) is 62.4 Å². The third-order valence-corrected chi connectivity index (χ3v) is 5.68. The van der Waals surface area contributed by atoms with Crippen molar-refractivity contribution in [3.05, 3.63) is 59.9 Å². The molecule has 0 aliphatic carbocycles. The van der Waals surface area contributed by atoms with E-state index in [2.05, 4.69) is 15.2 Å². The standard InChI is InChI=1S/C24H24N8O2/c1-13-19-21(25)27-23(28-24(19)32(30-13)16-7-11-18(34-4)12-8-16)20-14(2)29-31(22(20)26)15-5-9-17(33-3)10-6-15/h5-12H,26H2,1-4H3,(H2,25,27,28). The van der Waals surface area contributed by atoms with Gasteiger partial charge in [0, 0.05) is 0 Å². The maximum absolute atomic E-state index is 6.53. The van der Waals surface area contributed by atoms with Crippen molar-refractivity contribution in [2.24, 2.45) is 0 Å². The molecule has 0 aliphatic heterocycles. The number of aromatic nitrogens is 6. The van der Waals surface area contributed by atoms with Gasteiger partial charge < -0.3 is 20.9 Å². The smallest absolute Gasteiger partial charge is 0.169 e. The molecule has 0 bridgehead atoms. The predicted molar refractivity (Wildman–Crippen MR) is 131 cm³/mol. The normalized spacial score (nSPS) is 11.2. The highest BCUT2D eigenvalue weighted by Gasteiger charge is 2.22. The van der Waals surface area contributed by atoms with Gasteiger partial charge in [0.25, 0.3) is 0 Å². The van der Waals surface area contributed by atoms with E-state index >= 15 is 0 Å². The van der Waals surface area contributed by atoms with Gasteiger partial charge >= 0.3 is 0 Å². The first-order valence-electron chi connectivity index (χ1n) is 10.6. The van der Waals surface area contributed by atoms with Crippen LogP contribution in [0.5, 0.6) is 11.5 Å². The minimum Gasteiger partial charge on any atom is -0.497 e. The number of nitrogen functional groups attached to an aromatic ring is 2. The zero-order chi connectivity index (χ0) is 24.0. The van der Waals surface area contributed by atoms with E-state index in [-0.39, 0.29) is 0 Å². The van der Waals surface area contributed by atoms with E-state index in [1.807, 2.05) is 62.4 Å². The molecule has 5 aromatic rings. The summed E-state index contributed by atoms with van der Waals surface area (Å²) in [7, 11) is 3.25. The Balaban J connectivity index is 1.66. The Morgan fingerprint density at radius 3 is 1.79 bits per heavy atom. The van der Waals surface area contributed by atoms with Crippen molar-refractivity contribution in [1.82, 2.24) is 29.5 Å². The van der Waals surface area contributed by atoms with Crippen LogP contribution in [-0.2, 0) is 0 Å². The van der Waals surface area contributed by atoms with E-state index in [9.17, 15) is 0 Å². The Morgan fingerprint density at radius 2 is 1.24 bits per heavy atom. The highest BCUT2D eigenvalue weighted by molar-refractivity contribution is 5.91. The summed E-state index contributed by atoms with van der Waals surface area (Å²) in [6, 6.07) is 15.0. The second kappa shape index (κ2) is 8.07. The van der Waals surface area contributed by atoms with Crippen LogP contribution < -0.4 is 20.9 Å². The number of anilines is 2. The van der Waals surface area contributed by atoms with Gasteiger partial charge in [0.05, 0.1) is 47.9 Å². The SMILES string of the molecule is COc1ccc(-n2nc(C)c(-c3nc(N)c4c(C)nn(-c5ccc(OC)cc5)c4n3)c2N)cc1. The third-order valence-electron chi connectivity index (χ3n) is 5.68. The molecule has 0 fully saturated rings. The van der Waals surface area contributed by atoms with Crippen molar-refractivity contribution < 1.29 is 9.47 Å². The van der Waals surface area contributed by atoms with Gasteiger partial charge in [-0.1, -0.05) is 0 Å². The first-order valence-corrected chi connectivity index (χ1v) is 10.6. The molecule has 3 aromatic heterocycles. The highest BCUT2D eigenvalue weighted by atomic mass is 16.5. The highest BCUT2D eigenvalue weighted by Crippen LogP contribution is 2.33. The first-order chi connectivity index (χ1) is 16.4. The summed E-state index contributed by atoms with van der Waals surface area (Å²) in [5.74, 6) is 2.62. The number of rotatable bonds is 5. The molecule has 2 aromatic carbocycles. The topological polar surface area (TPSA) is 132 Å². The molecule has 10 heteroatoms. The number of nitrogens with two attached hydrogens (primary N) is 2. The number of benzene rings is 2. The molecule has 0 aliphatic rings. The largest absolute Gasteiger partial charge is 0.497 e. The van der Waals surface area contributed by atoms with Crippen LogP contribution in [0.1, 0.15) is 11.4 Å². The Hall–Kier alpha value is -4.60. The maximum atomic E-state index is 6.53. The number of nitrogens with zero attached hydrogens (tertiary/aromatic N) is 6. The molecule has 0 unspecified atom stereocenters. The molecule has 4 N–H and O–H groups in total. The average molecular weight is 457 g/mol. The molecule has 0 saturated carbocycles. The summed E-state index contributed by atoms with van der Waals surface area (Å²) in [6.07, 6.45) is 0. The van der Waals surface area contributed by atoms with Crippen LogP contribution in [0.15, 0.2) is 48.5 Å². The maximum Gasteiger partial charge on any atom is 0.169 e. The molecule has 0 radical (unpaired) electrons. The zero-order valence-electron chi connectivity index (χ0n) is 19.3. The summed E-state index contributed by atoms with van der Waals surface area (Å²) in [5.41, 5.74) is 17.1. The van der Waals surface area contributed by atoms with Crippen molar-refractivity contribution in [3.63, 3.8) is 0 Å². The fourth-order valence-electron chi connectivity index (χ4n) is 3.97. The van der Waals surface area contributed by atoms with Gasteiger partial charge in [-0.15, -0.1) is 0 Å². The number of fused-ring (bicyclic) bond motifs is 1. The van der Waals surface area contributed by atoms with Crippen molar-refractivity contribution in [1.29, 1.82) is 0 Å². The number of aryl methyl sites for hydroxylation is 2. The van der Waals surface area contributed by atoms with Crippen molar-refractivity contribution >= 4 is 22.7 Å². The van der Waals surface area contributed by atoms with Gasteiger partial charge in [-0.2, -0.15) is 10.2 Å². The van der Waals surface area contributed by atoms with Gasteiger partial charge in [0.2, 0.25) is 0 Å². The molecule has 10 nitrogen and oxygen atoms in total. The third kappa shape index (κ3) is 3.36. The number of hydrogen-bond donors (Lipinski definition) is 2. The van der Waals surface area contributed by atoms with Gasteiger partial charge in [0.1, 0.15) is 23.1 Å².